The zero-order chi connectivity index (χ0) is 23.1. The minimum atomic E-state index is -0.0877. The van der Waals surface area contributed by atoms with Crippen LogP contribution >= 0.6 is 11.3 Å². The van der Waals surface area contributed by atoms with Crippen molar-refractivity contribution in [3.8, 4) is 27.6 Å². The Kier molecular flexibility index (Phi) is 5.57. The van der Waals surface area contributed by atoms with Crippen LogP contribution in [0.2, 0.25) is 0 Å². The monoisotopic (exact) mass is 475 g/mol. The molecule has 4 aromatic rings. The topological polar surface area (TPSA) is 65.8 Å². The van der Waals surface area contributed by atoms with Crippen molar-refractivity contribution >= 4 is 21.6 Å². The van der Waals surface area contributed by atoms with E-state index in [0.29, 0.717) is 34.0 Å². The van der Waals surface area contributed by atoms with Gasteiger partial charge in [-0.1, -0.05) is 29.8 Å². The van der Waals surface area contributed by atoms with Crippen molar-refractivity contribution in [2.45, 2.75) is 13.0 Å². The molecule has 6 rings (SSSR count). The van der Waals surface area contributed by atoms with Crippen molar-refractivity contribution in [3.05, 3.63) is 70.8 Å². The summed E-state index contributed by atoms with van der Waals surface area (Å²) < 4.78 is 19.8. The molecule has 8 heteroatoms. The number of hydrogen-bond donors (Lipinski definition) is 0. The van der Waals surface area contributed by atoms with Gasteiger partial charge in [0.2, 0.25) is 0 Å². The maximum Gasteiger partial charge on any atom is 0.275 e. The van der Waals surface area contributed by atoms with Crippen LogP contribution in [0, 0.1) is 6.92 Å². The Bertz CT molecular complexity index is 1390. The van der Waals surface area contributed by atoms with Gasteiger partial charge in [0.1, 0.15) is 23.7 Å². The van der Waals surface area contributed by atoms with E-state index in [-0.39, 0.29) is 11.7 Å². The summed E-state index contributed by atoms with van der Waals surface area (Å²) in [5, 5.41) is 0. The van der Waals surface area contributed by atoms with E-state index in [1.54, 1.807) is 10.9 Å². The van der Waals surface area contributed by atoms with Gasteiger partial charge in [-0.2, -0.15) is 0 Å². The first-order valence-corrected chi connectivity index (χ1v) is 12.3. The number of hydrogen-bond acceptors (Lipinski definition) is 7. The lowest BCUT2D eigenvalue weighted by Gasteiger charge is -2.33. The van der Waals surface area contributed by atoms with Crippen molar-refractivity contribution < 1.29 is 14.2 Å². The van der Waals surface area contributed by atoms with Crippen LogP contribution in [-0.4, -0.2) is 60.0 Å². The van der Waals surface area contributed by atoms with E-state index in [0.717, 1.165) is 43.3 Å². The number of fused-ring (bicyclic) bond motifs is 2. The second-order valence-corrected chi connectivity index (χ2v) is 9.76. The van der Waals surface area contributed by atoms with Crippen LogP contribution in [0.15, 0.2) is 59.7 Å². The second-order valence-electron chi connectivity index (χ2n) is 8.71. The quantitative estimate of drug-likeness (QED) is 0.446. The van der Waals surface area contributed by atoms with Gasteiger partial charge in [0.15, 0.2) is 11.5 Å². The van der Waals surface area contributed by atoms with Gasteiger partial charge in [-0.3, -0.25) is 14.3 Å². The van der Waals surface area contributed by atoms with E-state index in [1.807, 2.05) is 24.3 Å². The fourth-order valence-electron chi connectivity index (χ4n) is 4.37. The number of aromatic nitrogens is 2. The first kappa shape index (κ1) is 21.3. The molecule has 0 N–H and O–H groups in total. The third kappa shape index (κ3) is 4.09. The van der Waals surface area contributed by atoms with Gasteiger partial charge in [-0.25, -0.2) is 4.98 Å². The molecule has 2 aliphatic heterocycles. The zero-order valence-electron chi connectivity index (χ0n) is 18.9. The second kappa shape index (κ2) is 8.87. The molecule has 1 saturated heterocycles. The van der Waals surface area contributed by atoms with Crippen LogP contribution in [0.3, 0.4) is 0 Å². The highest BCUT2D eigenvalue weighted by atomic mass is 32.1. The number of benzene rings is 2. The first-order valence-electron chi connectivity index (χ1n) is 11.5. The molecule has 174 valence electrons. The fourth-order valence-corrected chi connectivity index (χ4v) is 5.42. The molecule has 7 nitrogen and oxygen atoms in total. The molecule has 0 bridgehead atoms. The highest BCUT2D eigenvalue weighted by molar-refractivity contribution is 7.22. The van der Waals surface area contributed by atoms with Gasteiger partial charge >= 0.3 is 0 Å². The smallest absolute Gasteiger partial charge is 0.275 e. The number of nitrogens with zero attached hydrogens (tertiary/aromatic N) is 3. The predicted octanol–water partition coefficient (Wildman–Crippen LogP) is 3.89. The van der Waals surface area contributed by atoms with Crippen molar-refractivity contribution in [1.29, 1.82) is 0 Å². The minimum Gasteiger partial charge on any atom is -0.486 e. The zero-order valence-corrected chi connectivity index (χ0v) is 19.7. The molecule has 2 aromatic carbocycles. The third-order valence-corrected chi connectivity index (χ3v) is 7.42. The molecule has 0 aliphatic carbocycles. The van der Waals surface area contributed by atoms with Crippen molar-refractivity contribution in [2.75, 3.05) is 39.5 Å². The molecule has 2 aromatic heterocycles. The Labute approximate surface area is 201 Å². The van der Waals surface area contributed by atoms with E-state index >= 15 is 0 Å². The summed E-state index contributed by atoms with van der Waals surface area (Å²) >= 11 is 1.47. The summed E-state index contributed by atoms with van der Waals surface area (Å²) in [5.41, 5.74) is 3.63. The average Bonchev–Trinajstić information content (AvgIpc) is 3.30. The van der Waals surface area contributed by atoms with Gasteiger partial charge in [0.25, 0.3) is 5.56 Å². The number of aryl methyl sites for hydroxylation is 1. The van der Waals surface area contributed by atoms with Crippen LogP contribution in [0.25, 0.3) is 26.3 Å². The highest BCUT2D eigenvalue weighted by Gasteiger charge is 2.25. The summed E-state index contributed by atoms with van der Waals surface area (Å²) in [6.07, 6.45) is 1.56. The number of ether oxygens (including phenoxy) is 3. The van der Waals surface area contributed by atoms with E-state index in [2.05, 4.69) is 41.1 Å². The van der Waals surface area contributed by atoms with Gasteiger partial charge in [-0.15, -0.1) is 11.3 Å². The number of morpholine rings is 1. The average molecular weight is 476 g/mol. The minimum absolute atomic E-state index is 0.0245. The van der Waals surface area contributed by atoms with Gasteiger partial charge in [0.05, 0.1) is 24.4 Å². The molecule has 34 heavy (non-hydrogen) atoms. The van der Waals surface area contributed by atoms with Crippen molar-refractivity contribution in [1.82, 2.24) is 14.5 Å². The Morgan fingerprint density at radius 1 is 1.06 bits per heavy atom. The van der Waals surface area contributed by atoms with Crippen LogP contribution in [0.5, 0.6) is 11.5 Å². The Hall–Kier alpha value is -3.20. The molecule has 1 fully saturated rings. The molecule has 0 saturated carbocycles. The summed E-state index contributed by atoms with van der Waals surface area (Å²) in [6.45, 7) is 6.70. The van der Waals surface area contributed by atoms with Crippen molar-refractivity contribution in [2.24, 2.45) is 0 Å². The lowest BCUT2D eigenvalue weighted by Crippen LogP contribution is -2.45. The van der Waals surface area contributed by atoms with Crippen LogP contribution < -0.4 is 15.0 Å². The number of thiophene rings is 1. The van der Waals surface area contributed by atoms with Crippen LogP contribution in [-0.2, 0) is 4.74 Å². The Balaban J connectivity index is 1.26. The lowest BCUT2D eigenvalue weighted by molar-refractivity contribution is 0.00314. The summed E-state index contributed by atoms with van der Waals surface area (Å²) in [7, 11) is 0. The van der Waals surface area contributed by atoms with E-state index < -0.39 is 0 Å². The first-order chi connectivity index (χ1) is 16.6. The van der Waals surface area contributed by atoms with E-state index in [4.69, 9.17) is 14.2 Å². The normalized spacial score (nSPS) is 18.3. The van der Waals surface area contributed by atoms with Crippen LogP contribution in [0.4, 0.5) is 0 Å². The standard InChI is InChI=1S/C26H25N3O4S/c1-17-2-4-18(5-3-17)24-13-21-25(34-24)26(30)29(16-27-21)19-6-7-22-23(12-19)32-15-20(33-22)14-28-8-10-31-11-9-28/h2-7,12-13,16,20H,8-11,14-15H2,1H3. The number of rotatable bonds is 4. The van der Waals surface area contributed by atoms with Gasteiger partial charge < -0.3 is 14.2 Å². The lowest BCUT2D eigenvalue weighted by atomic mass is 10.1. The van der Waals surface area contributed by atoms with Gasteiger partial charge in [0, 0.05) is 30.6 Å². The highest BCUT2D eigenvalue weighted by Crippen LogP contribution is 2.35. The molecule has 0 amide bonds. The molecular weight excluding hydrogens is 450 g/mol. The van der Waals surface area contributed by atoms with Gasteiger partial charge in [-0.05, 0) is 30.7 Å². The van der Waals surface area contributed by atoms with E-state index in [9.17, 15) is 4.79 Å². The largest absolute Gasteiger partial charge is 0.486 e. The van der Waals surface area contributed by atoms with E-state index in [1.165, 1.54) is 16.9 Å². The molecule has 4 heterocycles. The summed E-state index contributed by atoms with van der Waals surface area (Å²) in [4.78, 5) is 21.2. The predicted molar refractivity (Wildman–Crippen MR) is 133 cm³/mol. The maximum atomic E-state index is 13.3. The maximum absolute atomic E-state index is 13.3. The molecule has 0 spiro atoms. The molecule has 1 atom stereocenters. The van der Waals surface area contributed by atoms with Crippen LogP contribution in [0.1, 0.15) is 5.56 Å². The fraction of sp³-hybridized carbons (Fsp3) is 0.308. The summed E-state index contributed by atoms with van der Waals surface area (Å²) in [6, 6.07) is 15.9. The molecule has 0 radical (unpaired) electrons. The molecular formula is C26H25N3O4S. The Morgan fingerprint density at radius 3 is 2.71 bits per heavy atom. The molecule has 1 unspecified atom stereocenters. The van der Waals surface area contributed by atoms with Crippen molar-refractivity contribution in [3.63, 3.8) is 0 Å². The SMILES string of the molecule is Cc1ccc(-c2cc3ncn(-c4ccc5c(c4)OCC(CN4CCOCC4)O5)c(=O)c3s2)cc1. The summed E-state index contributed by atoms with van der Waals surface area (Å²) in [5.74, 6) is 1.35. The third-order valence-electron chi connectivity index (χ3n) is 6.26. The Morgan fingerprint density at radius 2 is 1.88 bits per heavy atom. The molecule has 2 aliphatic rings.